The first-order chi connectivity index (χ1) is 8.58. The number of hydrogen-bond donors (Lipinski definition) is 1. The lowest BCUT2D eigenvalue weighted by Crippen LogP contribution is -2.07. The van der Waals surface area contributed by atoms with Crippen molar-refractivity contribution in [3.63, 3.8) is 0 Å². The van der Waals surface area contributed by atoms with Crippen molar-refractivity contribution in [3.05, 3.63) is 52.8 Å². The molecule has 1 atom stereocenters. The van der Waals surface area contributed by atoms with Crippen molar-refractivity contribution in [3.8, 4) is 0 Å². The molecule has 1 heterocycles. The minimum atomic E-state index is 0.0954. The third-order valence-corrected chi connectivity index (χ3v) is 3.15. The normalized spacial score (nSPS) is 12.7. The summed E-state index contributed by atoms with van der Waals surface area (Å²) < 4.78 is 1.96. The molecule has 1 unspecified atom stereocenters. The highest BCUT2D eigenvalue weighted by Gasteiger charge is 2.06. The van der Waals surface area contributed by atoms with Gasteiger partial charge in [0.15, 0.2) is 0 Å². The van der Waals surface area contributed by atoms with Gasteiger partial charge < -0.3 is 5.73 Å². The van der Waals surface area contributed by atoms with Gasteiger partial charge in [0.05, 0.1) is 12.7 Å². The summed E-state index contributed by atoms with van der Waals surface area (Å²) in [5.74, 6) is 0. The summed E-state index contributed by atoms with van der Waals surface area (Å²) in [6.45, 7) is 7.14. The molecule has 2 aromatic rings. The van der Waals surface area contributed by atoms with Gasteiger partial charge in [0, 0.05) is 17.8 Å². The number of nitrogens with two attached hydrogens (primary N) is 1. The Morgan fingerprint density at radius 3 is 2.50 bits per heavy atom. The van der Waals surface area contributed by atoms with Crippen LogP contribution in [0.4, 0.5) is 0 Å². The van der Waals surface area contributed by atoms with Gasteiger partial charge in [-0.15, -0.1) is 0 Å². The molecule has 1 aromatic heterocycles. The highest BCUT2D eigenvalue weighted by Crippen LogP contribution is 2.14. The van der Waals surface area contributed by atoms with Crippen LogP contribution < -0.4 is 5.73 Å². The summed E-state index contributed by atoms with van der Waals surface area (Å²) in [5, 5.41) is 4.38. The molecular formula is C15H21N3. The summed E-state index contributed by atoms with van der Waals surface area (Å²) in [6, 6.07) is 6.69. The lowest BCUT2D eigenvalue weighted by atomic mass is 10.1. The second-order valence-corrected chi connectivity index (χ2v) is 4.98. The Labute approximate surface area is 109 Å². The Morgan fingerprint density at radius 1 is 1.22 bits per heavy atom. The van der Waals surface area contributed by atoms with Crippen LogP contribution >= 0.6 is 0 Å². The first kappa shape index (κ1) is 12.8. The Hall–Kier alpha value is -1.61. The highest BCUT2D eigenvalue weighted by atomic mass is 15.3. The minimum Gasteiger partial charge on any atom is -0.324 e. The zero-order chi connectivity index (χ0) is 13.1. The summed E-state index contributed by atoms with van der Waals surface area (Å²) in [7, 11) is 0. The average Bonchev–Trinajstić information content (AvgIpc) is 2.75. The molecule has 0 radical (unpaired) electrons. The van der Waals surface area contributed by atoms with Crippen LogP contribution in [0.3, 0.4) is 0 Å². The summed E-state index contributed by atoms with van der Waals surface area (Å²) >= 11 is 0. The molecule has 3 nitrogen and oxygen atoms in total. The van der Waals surface area contributed by atoms with E-state index < -0.39 is 0 Å². The third-order valence-electron chi connectivity index (χ3n) is 3.15. The molecule has 2 N–H and O–H groups in total. The lowest BCUT2D eigenvalue weighted by molar-refractivity contribution is 0.675. The van der Waals surface area contributed by atoms with Crippen molar-refractivity contribution in [1.82, 2.24) is 9.78 Å². The molecule has 0 saturated carbocycles. The molecule has 0 aliphatic carbocycles. The molecule has 96 valence electrons. The number of rotatable bonds is 4. The van der Waals surface area contributed by atoms with Gasteiger partial charge in [0.2, 0.25) is 0 Å². The average molecular weight is 243 g/mol. The standard InChI is InChI=1S/C15H21N3/c1-4-15(16)14-8-17-18(10-14)9-13-6-11(2)5-12(3)7-13/h5-8,10,15H,4,9,16H2,1-3H3. The number of hydrogen-bond acceptors (Lipinski definition) is 2. The molecule has 0 amide bonds. The van der Waals surface area contributed by atoms with Crippen molar-refractivity contribution in [2.45, 2.75) is 39.8 Å². The number of aromatic nitrogens is 2. The zero-order valence-corrected chi connectivity index (χ0v) is 11.4. The van der Waals surface area contributed by atoms with Crippen molar-refractivity contribution in [2.24, 2.45) is 5.73 Å². The second-order valence-electron chi connectivity index (χ2n) is 4.98. The molecule has 0 aliphatic heterocycles. The molecule has 3 heteroatoms. The van der Waals surface area contributed by atoms with E-state index in [1.54, 1.807) is 0 Å². The molecule has 0 bridgehead atoms. The van der Waals surface area contributed by atoms with Gasteiger partial charge in [0.1, 0.15) is 0 Å². The van der Waals surface area contributed by atoms with Crippen LogP contribution in [0, 0.1) is 13.8 Å². The van der Waals surface area contributed by atoms with E-state index in [2.05, 4.69) is 44.1 Å². The van der Waals surface area contributed by atoms with E-state index in [0.29, 0.717) is 0 Å². The van der Waals surface area contributed by atoms with Crippen LogP contribution in [0.25, 0.3) is 0 Å². The van der Waals surface area contributed by atoms with Gasteiger partial charge in [-0.1, -0.05) is 36.2 Å². The summed E-state index contributed by atoms with van der Waals surface area (Å²) in [5.41, 5.74) is 11.0. The Bertz CT molecular complexity index is 508. The van der Waals surface area contributed by atoms with Gasteiger partial charge in [-0.25, -0.2) is 0 Å². The predicted octanol–water partition coefficient (Wildman–Crippen LogP) is 2.96. The Kier molecular flexibility index (Phi) is 3.82. The van der Waals surface area contributed by atoms with Gasteiger partial charge in [-0.2, -0.15) is 5.10 Å². The molecule has 0 fully saturated rings. The number of aryl methyl sites for hydroxylation is 2. The van der Waals surface area contributed by atoms with Crippen LogP contribution in [-0.2, 0) is 6.54 Å². The highest BCUT2D eigenvalue weighted by molar-refractivity contribution is 5.28. The van der Waals surface area contributed by atoms with E-state index in [-0.39, 0.29) is 6.04 Å². The molecule has 18 heavy (non-hydrogen) atoms. The van der Waals surface area contributed by atoms with E-state index >= 15 is 0 Å². The van der Waals surface area contributed by atoms with E-state index in [1.807, 2.05) is 17.1 Å². The van der Waals surface area contributed by atoms with Crippen molar-refractivity contribution in [1.29, 1.82) is 0 Å². The van der Waals surface area contributed by atoms with E-state index in [4.69, 9.17) is 5.73 Å². The van der Waals surface area contributed by atoms with Gasteiger partial charge in [-0.05, 0) is 25.8 Å². The van der Waals surface area contributed by atoms with Crippen molar-refractivity contribution in [2.75, 3.05) is 0 Å². The maximum Gasteiger partial charge on any atom is 0.0659 e. The topological polar surface area (TPSA) is 43.8 Å². The molecule has 2 rings (SSSR count). The first-order valence-corrected chi connectivity index (χ1v) is 6.43. The van der Waals surface area contributed by atoms with Crippen LogP contribution in [0.15, 0.2) is 30.6 Å². The smallest absolute Gasteiger partial charge is 0.0659 e. The monoisotopic (exact) mass is 243 g/mol. The van der Waals surface area contributed by atoms with Crippen LogP contribution in [0.2, 0.25) is 0 Å². The van der Waals surface area contributed by atoms with Crippen LogP contribution in [0.5, 0.6) is 0 Å². The molecule has 0 spiro atoms. The van der Waals surface area contributed by atoms with E-state index in [0.717, 1.165) is 18.5 Å². The number of nitrogens with zero attached hydrogens (tertiary/aromatic N) is 2. The molecular weight excluding hydrogens is 222 g/mol. The minimum absolute atomic E-state index is 0.0954. The fourth-order valence-electron chi connectivity index (χ4n) is 2.24. The van der Waals surface area contributed by atoms with Crippen molar-refractivity contribution < 1.29 is 0 Å². The van der Waals surface area contributed by atoms with Gasteiger partial charge in [0.25, 0.3) is 0 Å². The van der Waals surface area contributed by atoms with E-state index in [1.165, 1.54) is 16.7 Å². The third kappa shape index (κ3) is 2.99. The quantitative estimate of drug-likeness (QED) is 0.897. The SMILES string of the molecule is CCC(N)c1cnn(Cc2cc(C)cc(C)c2)c1. The first-order valence-electron chi connectivity index (χ1n) is 6.43. The Morgan fingerprint density at radius 2 is 1.89 bits per heavy atom. The molecule has 1 aromatic carbocycles. The van der Waals surface area contributed by atoms with Crippen LogP contribution in [-0.4, -0.2) is 9.78 Å². The maximum atomic E-state index is 6.00. The summed E-state index contributed by atoms with van der Waals surface area (Å²) in [4.78, 5) is 0. The van der Waals surface area contributed by atoms with Gasteiger partial charge in [-0.3, -0.25) is 4.68 Å². The molecule has 0 saturated heterocycles. The predicted molar refractivity (Wildman–Crippen MR) is 74.5 cm³/mol. The fraction of sp³-hybridized carbons (Fsp3) is 0.400. The van der Waals surface area contributed by atoms with E-state index in [9.17, 15) is 0 Å². The van der Waals surface area contributed by atoms with Crippen LogP contribution in [0.1, 0.15) is 41.6 Å². The fourth-order valence-corrected chi connectivity index (χ4v) is 2.24. The largest absolute Gasteiger partial charge is 0.324 e. The summed E-state index contributed by atoms with van der Waals surface area (Å²) in [6.07, 6.45) is 4.86. The van der Waals surface area contributed by atoms with Gasteiger partial charge >= 0.3 is 0 Å². The zero-order valence-electron chi connectivity index (χ0n) is 11.4. The lowest BCUT2D eigenvalue weighted by Gasteiger charge is -2.06. The second kappa shape index (κ2) is 5.36. The van der Waals surface area contributed by atoms with Crippen molar-refractivity contribution >= 4 is 0 Å². The Balaban J connectivity index is 2.16. The maximum absolute atomic E-state index is 6.00. The molecule has 0 aliphatic rings. The number of benzene rings is 1.